The summed E-state index contributed by atoms with van der Waals surface area (Å²) in [5.41, 5.74) is 0.735. The van der Waals surface area contributed by atoms with E-state index in [9.17, 15) is 22.7 Å². The Bertz CT molecular complexity index is 993. The molecule has 3 rings (SSSR count). The highest BCUT2D eigenvalue weighted by molar-refractivity contribution is 7.89. The van der Waals surface area contributed by atoms with Crippen LogP contribution in [0.1, 0.15) is 56.6 Å². The number of unbranched alkanes of at least 4 members (excludes halogenated alkanes) is 3. The van der Waals surface area contributed by atoms with Crippen molar-refractivity contribution in [3.8, 4) is 5.75 Å². The molecule has 0 aliphatic carbocycles. The molecule has 0 bridgehead atoms. The Morgan fingerprint density at radius 3 is 2.45 bits per heavy atom. The second-order valence-corrected chi connectivity index (χ2v) is 9.90. The van der Waals surface area contributed by atoms with Crippen molar-refractivity contribution < 1.29 is 27.8 Å². The summed E-state index contributed by atoms with van der Waals surface area (Å²) in [6.45, 7) is 0.351. The minimum atomic E-state index is -3.83. The maximum Gasteiger partial charge on any atom is 0.303 e. The van der Waals surface area contributed by atoms with Gasteiger partial charge in [-0.15, -0.1) is 0 Å². The molecule has 6 nitrogen and oxygen atoms in total. The van der Waals surface area contributed by atoms with Crippen LogP contribution in [0, 0.1) is 11.7 Å². The maximum absolute atomic E-state index is 13.3. The molecule has 1 fully saturated rings. The average molecular weight is 450 g/mol. The van der Waals surface area contributed by atoms with Crippen molar-refractivity contribution in [2.45, 2.75) is 55.9 Å². The Morgan fingerprint density at radius 2 is 1.77 bits per heavy atom. The number of aliphatic carboxylic acids is 1. The van der Waals surface area contributed by atoms with E-state index in [4.69, 9.17) is 5.11 Å². The first kappa shape index (κ1) is 23.2. The van der Waals surface area contributed by atoms with E-state index in [0.717, 1.165) is 43.4 Å². The number of benzene rings is 2. The van der Waals surface area contributed by atoms with E-state index in [1.807, 2.05) is 6.07 Å². The van der Waals surface area contributed by atoms with E-state index in [2.05, 4.69) is 0 Å². The van der Waals surface area contributed by atoms with Crippen molar-refractivity contribution in [2.75, 3.05) is 6.54 Å². The molecule has 2 N–H and O–H groups in total. The molecule has 0 amide bonds. The summed E-state index contributed by atoms with van der Waals surface area (Å²) in [5.74, 6) is -1.13. The Labute approximate surface area is 182 Å². The number of phenolic OH excluding ortho intramolecular Hbond substituents is 1. The van der Waals surface area contributed by atoms with Crippen LogP contribution < -0.4 is 0 Å². The number of carboxylic acids is 1. The lowest BCUT2D eigenvalue weighted by Gasteiger charge is -2.28. The number of rotatable bonds is 10. The molecule has 31 heavy (non-hydrogen) atoms. The molecule has 2 atom stereocenters. The van der Waals surface area contributed by atoms with Crippen LogP contribution in [0.4, 0.5) is 4.39 Å². The predicted octanol–water partition coefficient (Wildman–Crippen LogP) is 4.71. The lowest BCUT2D eigenvalue weighted by Crippen LogP contribution is -2.32. The summed E-state index contributed by atoms with van der Waals surface area (Å²) in [7, 11) is -3.83. The fourth-order valence-electron chi connectivity index (χ4n) is 4.32. The van der Waals surface area contributed by atoms with Gasteiger partial charge >= 0.3 is 5.97 Å². The van der Waals surface area contributed by atoms with Crippen LogP contribution >= 0.6 is 0 Å². The molecule has 168 valence electrons. The Hall–Kier alpha value is -2.45. The third-order valence-electron chi connectivity index (χ3n) is 5.82. The van der Waals surface area contributed by atoms with Crippen molar-refractivity contribution in [3.63, 3.8) is 0 Å². The molecule has 1 saturated heterocycles. The zero-order chi connectivity index (χ0) is 22.4. The molecule has 0 spiro atoms. The van der Waals surface area contributed by atoms with Crippen LogP contribution in [0.2, 0.25) is 0 Å². The number of sulfonamides is 1. The fourth-order valence-corrected chi connectivity index (χ4v) is 6.01. The van der Waals surface area contributed by atoms with Gasteiger partial charge in [-0.25, -0.2) is 12.8 Å². The lowest BCUT2D eigenvalue weighted by atomic mass is 9.89. The van der Waals surface area contributed by atoms with Gasteiger partial charge in [0.15, 0.2) is 0 Å². The molecule has 1 aliphatic heterocycles. The normalized spacial score (nSPS) is 19.5. The second-order valence-electron chi connectivity index (χ2n) is 8.00. The zero-order valence-corrected chi connectivity index (χ0v) is 18.1. The summed E-state index contributed by atoms with van der Waals surface area (Å²) in [6.07, 6.45) is 4.90. The second kappa shape index (κ2) is 10.2. The van der Waals surface area contributed by atoms with Gasteiger partial charge in [0.25, 0.3) is 0 Å². The molecular weight excluding hydrogens is 421 g/mol. The molecule has 1 heterocycles. The van der Waals surface area contributed by atoms with Gasteiger partial charge in [0.05, 0.1) is 10.9 Å². The standard InChI is InChI=1S/C23H28FNO5S/c24-19-10-12-21(13-11-19)31(29,30)25-15-14-17(6-3-1-2-4-9-22(27)28)23(25)18-7-5-8-20(26)16-18/h5,7-8,10-13,16-17,23,26H,1-4,6,9,14-15H2,(H,27,28). The number of hydrogen-bond donors (Lipinski definition) is 2. The highest BCUT2D eigenvalue weighted by atomic mass is 32.2. The van der Waals surface area contributed by atoms with Gasteiger partial charge in [-0.05, 0) is 67.1 Å². The topological polar surface area (TPSA) is 94.9 Å². The third-order valence-corrected chi connectivity index (χ3v) is 7.72. The quantitative estimate of drug-likeness (QED) is 0.512. The SMILES string of the molecule is O=C(O)CCCCCCC1CCN(S(=O)(=O)c2ccc(F)cc2)C1c1cccc(O)c1. The van der Waals surface area contributed by atoms with Gasteiger partial charge in [-0.2, -0.15) is 4.31 Å². The first-order valence-electron chi connectivity index (χ1n) is 10.6. The third kappa shape index (κ3) is 5.83. The largest absolute Gasteiger partial charge is 0.508 e. The average Bonchev–Trinajstić information content (AvgIpc) is 3.15. The molecule has 0 radical (unpaired) electrons. The number of nitrogens with zero attached hydrogens (tertiary/aromatic N) is 1. The minimum Gasteiger partial charge on any atom is -0.508 e. The highest BCUT2D eigenvalue weighted by Gasteiger charge is 2.42. The molecule has 2 aromatic carbocycles. The molecule has 0 aromatic heterocycles. The summed E-state index contributed by atoms with van der Waals surface area (Å²) in [4.78, 5) is 10.7. The Morgan fingerprint density at radius 1 is 1.06 bits per heavy atom. The molecule has 2 aromatic rings. The van der Waals surface area contributed by atoms with E-state index in [1.165, 1.54) is 16.4 Å². The Kier molecular flexibility index (Phi) is 7.67. The molecule has 1 aliphatic rings. The number of carboxylic acid groups (broad SMARTS) is 1. The molecular formula is C23H28FNO5S. The fraction of sp³-hybridized carbons (Fsp3) is 0.435. The number of carbonyl (C=O) groups is 1. The van der Waals surface area contributed by atoms with Gasteiger partial charge in [0.1, 0.15) is 11.6 Å². The van der Waals surface area contributed by atoms with Gasteiger partial charge in [0, 0.05) is 13.0 Å². The number of hydrogen-bond acceptors (Lipinski definition) is 4. The van der Waals surface area contributed by atoms with Crippen LogP contribution in [-0.4, -0.2) is 35.5 Å². The van der Waals surface area contributed by atoms with Crippen LogP contribution in [0.15, 0.2) is 53.4 Å². The maximum atomic E-state index is 13.3. The van der Waals surface area contributed by atoms with E-state index < -0.39 is 27.9 Å². The van der Waals surface area contributed by atoms with Crippen molar-refractivity contribution in [3.05, 3.63) is 59.9 Å². The summed E-state index contributed by atoms with van der Waals surface area (Å²) in [6, 6.07) is 11.1. The van der Waals surface area contributed by atoms with Gasteiger partial charge in [-0.3, -0.25) is 4.79 Å². The van der Waals surface area contributed by atoms with E-state index >= 15 is 0 Å². The van der Waals surface area contributed by atoms with Crippen LogP contribution in [0.5, 0.6) is 5.75 Å². The number of halogens is 1. The molecule has 8 heteroatoms. The first-order valence-corrected chi connectivity index (χ1v) is 12.0. The summed E-state index contributed by atoms with van der Waals surface area (Å²) in [5, 5.41) is 18.7. The van der Waals surface area contributed by atoms with Crippen LogP contribution in [-0.2, 0) is 14.8 Å². The highest BCUT2D eigenvalue weighted by Crippen LogP contribution is 2.43. The molecule has 0 saturated carbocycles. The van der Waals surface area contributed by atoms with Crippen LogP contribution in [0.25, 0.3) is 0 Å². The van der Waals surface area contributed by atoms with Crippen molar-refractivity contribution in [1.82, 2.24) is 4.31 Å². The van der Waals surface area contributed by atoms with Crippen molar-refractivity contribution in [2.24, 2.45) is 5.92 Å². The van der Waals surface area contributed by atoms with Crippen LogP contribution in [0.3, 0.4) is 0 Å². The number of phenols is 1. The van der Waals surface area contributed by atoms with E-state index in [-0.39, 0.29) is 23.0 Å². The molecule has 2 unspecified atom stereocenters. The first-order chi connectivity index (χ1) is 14.8. The lowest BCUT2D eigenvalue weighted by molar-refractivity contribution is -0.137. The monoisotopic (exact) mass is 449 g/mol. The zero-order valence-electron chi connectivity index (χ0n) is 17.3. The van der Waals surface area contributed by atoms with Crippen molar-refractivity contribution >= 4 is 16.0 Å². The van der Waals surface area contributed by atoms with E-state index in [1.54, 1.807) is 18.2 Å². The minimum absolute atomic E-state index is 0.0494. The number of aromatic hydroxyl groups is 1. The van der Waals surface area contributed by atoms with Gasteiger partial charge in [0.2, 0.25) is 10.0 Å². The van der Waals surface area contributed by atoms with Crippen molar-refractivity contribution in [1.29, 1.82) is 0 Å². The Balaban J connectivity index is 1.78. The predicted molar refractivity (Wildman–Crippen MR) is 115 cm³/mol. The van der Waals surface area contributed by atoms with Gasteiger partial charge in [-0.1, -0.05) is 31.4 Å². The summed E-state index contributed by atoms with van der Waals surface area (Å²) >= 11 is 0. The van der Waals surface area contributed by atoms with Gasteiger partial charge < -0.3 is 10.2 Å². The summed E-state index contributed by atoms with van der Waals surface area (Å²) < 4.78 is 41.4. The smallest absolute Gasteiger partial charge is 0.303 e. The van der Waals surface area contributed by atoms with E-state index in [0.29, 0.717) is 19.4 Å².